The minimum atomic E-state index is -0.489. The van der Waals surface area contributed by atoms with Gasteiger partial charge in [-0.25, -0.2) is 9.18 Å². The summed E-state index contributed by atoms with van der Waals surface area (Å²) < 4.78 is 27.0. The highest BCUT2D eigenvalue weighted by molar-refractivity contribution is 5.97. The largest absolute Gasteiger partial charge is 0.482 e. The van der Waals surface area contributed by atoms with Crippen LogP contribution in [0.3, 0.4) is 0 Å². The van der Waals surface area contributed by atoms with Crippen LogP contribution in [0.15, 0.2) is 41.3 Å². The molecule has 5 heterocycles. The van der Waals surface area contributed by atoms with E-state index in [0.717, 1.165) is 0 Å². The molecular formula is C23H20FN5O5. The number of nitrogens with one attached hydrogen (secondary N) is 2. The molecule has 34 heavy (non-hydrogen) atoms. The number of ether oxygens (including phenoxy) is 2. The van der Waals surface area contributed by atoms with Gasteiger partial charge in [0.1, 0.15) is 17.7 Å². The lowest BCUT2D eigenvalue weighted by molar-refractivity contribution is -0.118. The lowest BCUT2D eigenvalue weighted by Crippen LogP contribution is -2.33. The first-order valence-electron chi connectivity index (χ1n) is 10.9. The third-order valence-electron chi connectivity index (χ3n) is 6.35. The molecule has 3 aliphatic rings. The van der Waals surface area contributed by atoms with Crippen molar-refractivity contribution in [1.82, 2.24) is 14.9 Å². The highest BCUT2D eigenvalue weighted by Crippen LogP contribution is 2.34. The number of cyclic esters (lactones) is 1. The number of hydrogen-bond donors (Lipinski definition) is 2. The molecule has 2 atom stereocenters. The maximum absolute atomic E-state index is 14.6. The van der Waals surface area contributed by atoms with Crippen molar-refractivity contribution in [1.29, 1.82) is 0 Å². The number of anilines is 2. The average molecular weight is 465 g/mol. The van der Waals surface area contributed by atoms with Crippen LogP contribution in [-0.4, -0.2) is 53.9 Å². The third-order valence-corrected chi connectivity index (χ3v) is 6.35. The molecule has 0 bridgehead atoms. The quantitative estimate of drug-likeness (QED) is 0.588. The fourth-order valence-corrected chi connectivity index (χ4v) is 4.81. The zero-order valence-electron chi connectivity index (χ0n) is 17.9. The van der Waals surface area contributed by atoms with Gasteiger partial charge in [-0.1, -0.05) is 0 Å². The van der Waals surface area contributed by atoms with E-state index in [9.17, 15) is 18.8 Å². The molecule has 6 rings (SSSR count). The molecule has 2 aromatic heterocycles. The van der Waals surface area contributed by atoms with Crippen molar-refractivity contribution in [2.45, 2.75) is 18.6 Å². The second-order valence-electron chi connectivity index (χ2n) is 8.52. The summed E-state index contributed by atoms with van der Waals surface area (Å²) >= 11 is 0. The summed E-state index contributed by atoms with van der Waals surface area (Å²) in [6.45, 7) is 1.41. The van der Waals surface area contributed by atoms with Crippen molar-refractivity contribution in [3.8, 4) is 5.75 Å². The molecule has 10 nitrogen and oxygen atoms in total. The van der Waals surface area contributed by atoms with E-state index >= 15 is 0 Å². The van der Waals surface area contributed by atoms with Crippen LogP contribution in [0.4, 0.5) is 20.6 Å². The van der Waals surface area contributed by atoms with E-state index in [-0.39, 0.29) is 24.0 Å². The molecule has 0 spiro atoms. The molecule has 0 unspecified atom stereocenters. The van der Waals surface area contributed by atoms with Crippen LogP contribution in [0.2, 0.25) is 0 Å². The van der Waals surface area contributed by atoms with Gasteiger partial charge >= 0.3 is 6.09 Å². The zero-order valence-corrected chi connectivity index (χ0v) is 17.9. The number of halogens is 1. The van der Waals surface area contributed by atoms with Crippen LogP contribution < -0.4 is 25.8 Å². The molecular weight excluding hydrogens is 445 g/mol. The van der Waals surface area contributed by atoms with Crippen LogP contribution in [0, 0.1) is 5.82 Å². The van der Waals surface area contributed by atoms with E-state index < -0.39 is 18.0 Å². The van der Waals surface area contributed by atoms with E-state index in [1.54, 1.807) is 28.8 Å². The Hall–Kier alpha value is -3.99. The van der Waals surface area contributed by atoms with Gasteiger partial charge in [0.05, 0.1) is 29.5 Å². The number of amides is 2. The van der Waals surface area contributed by atoms with Crippen LogP contribution in [-0.2, 0) is 16.1 Å². The van der Waals surface area contributed by atoms with E-state index in [0.29, 0.717) is 59.9 Å². The second-order valence-corrected chi connectivity index (χ2v) is 8.52. The first-order valence-corrected chi connectivity index (χ1v) is 10.9. The lowest BCUT2D eigenvalue weighted by Gasteiger charge is -2.20. The first-order chi connectivity index (χ1) is 16.5. The maximum atomic E-state index is 14.6. The summed E-state index contributed by atoms with van der Waals surface area (Å²) in [5, 5.41) is 5.98. The van der Waals surface area contributed by atoms with Crippen molar-refractivity contribution in [2.24, 2.45) is 0 Å². The molecule has 0 aliphatic carbocycles. The van der Waals surface area contributed by atoms with Gasteiger partial charge in [-0.3, -0.25) is 19.5 Å². The summed E-state index contributed by atoms with van der Waals surface area (Å²) in [6, 6.07) is 8.16. The Labute approximate surface area is 192 Å². The third kappa shape index (κ3) is 3.36. The van der Waals surface area contributed by atoms with Crippen LogP contribution in [0.1, 0.15) is 11.5 Å². The molecule has 1 aromatic carbocycles. The predicted octanol–water partition coefficient (Wildman–Crippen LogP) is 1.58. The van der Waals surface area contributed by atoms with Crippen molar-refractivity contribution in [3.05, 3.63) is 58.3 Å². The van der Waals surface area contributed by atoms with Crippen molar-refractivity contribution in [2.75, 3.05) is 36.5 Å². The van der Waals surface area contributed by atoms with Gasteiger partial charge in [-0.15, -0.1) is 0 Å². The Morgan fingerprint density at radius 2 is 2.03 bits per heavy atom. The normalized spacial score (nSPS) is 20.8. The van der Waals surface area contributed by atoms with Gasteiger partial charge in [0.25, 0.3) is 11.5 Å². The number of carbonyl (C=O) groups excluding carboxylic acids is 2. The summed E-state index contributed by atoms with van der Waals surface area (Å²) in [5.41, 5.74) is 2.52. The van der Waals surface area contributed by atoms with E-state index in [4.69, 9.17) is 9.47 Å². The minimum absolute atomic E-state index is 0.0402. The van der Waals surface area contributed by atoms with Gasteiger partial charge in [-0.2, -0.15) is 0 Å². The van der Waals surface area contributed by atoms with Crippen LogP contribution >= 0.6 is 0 Å². The van der Waals surface area contributed by atoms with Crippen molar-refractivity contribution >= 4 is 34.4 Å². The van der Waals surface area contributed by atoms with Gasteiger partial charge < -0.3 is 24.7 Å². The van der Waals surface area contributed by atoms with Gasteiger partial charge in [0.15, 0.2) is 6.61 Å². The Kier molecular flexibility index (Phi) is 4.73. The molecule has 0 radical (unpaired) electrons. The molecule has 1 saturated heterocycles. The highest BCUT2D eigenvalue weighted by atomic mass is 19.1. The Morgan fingerprint density at radius 1 is 1.15 bits per heavy atom. The fraction of sp³-hybridized carbons (Fsp3) is 0.304. The number of nitrogens with zero attached hydrogens (tertiary/aromatic N) is 3. The maximum Gasteiger partial charge on any atom is 0.414 e. The fourth-order valence-electron chi connectivity index (χ4n) is 4.81. The van der Waals surface area contributed by atoms with Crippen molar-refractivity contribution < 1.29 is 23.5 Å². The topological polar surface area (TPSA) is 115 Å². The standard InChI is InChI=1S/C23H20FN5O5/c24-15-8-26-16-2-4-20(31)29-9-12(21(15)22(16)29)6-25-7-14-10-28(23(32)34-14)13-1-3-18-17(5-13)27-19(30)11-33-18/h1-5,8,12,14,25H,6-7,9-11H2,(H,27,30)/t12-,14-/m1/s1. The Balaban J connectivity index is 1.12. The number of carbonyl (C=O) groups is 2. The van der Waals surface area contributed by atoms with Crippen LogP contribution in [0.25, 0.3) is 11.0 Å². The zero-order chi connectivity index (χ0) is 23.4. The second kappa shape index (κ2) is 7.80. The van der Waals surface area contributed by atoms with Crippen LogP contribution in [0.5, 0.6) is 5.75 Å². The van der Waals surface area contributed by atoms with Crippen molar-refractivity contribution in [3.63, 3.8) is 0 Å². The summed E-state index contributed by atoms with van der Waals surface area (Å²) in [4.78, 5) is 41.9. The number of hydrogen-bond acceptors (Lipinski definition) is 7. The molecule has 0 saturated carbocycles. The number of fused-ring (bicyclic) bond motifs is 1. The minimum Gasteiger partial charge on any atom is -0.482 e. The summed E-state index contributed by atoms with van der Waals surface area (Å²) in [6.07, 6.45) is 0.285. The highest BCUT2D eigenvalue weighted by Gasteiger charge is 2.34. The smallest absolute Gasteiger partial charge is 0.414 e. The monoisotopic (exact) mass is 465 g/mol. The Morgan fingerprint density at radius 3 is 2.91 bits per heavy atom. The SMILES string of the molecule is O=C1COc2ccc(N3C[C@@H](CNC[C@@H]4Cn5c(=O)ccc6ncc(F)c4c65)OC3=O)cc2N1. The molecule has 3 aromatic rings. The summed E-state index contributed by atoms with van der Waals surface area (Å²) in [7, 11) is 0. The summed E-state index contributed by atoms with van der Waals surface area (Å²) in [5.74, 6) is -0.380. The Bertz CT molecular complexity index is 1410. The molecule has 2 N–H and O–H groups in total. The van der Waals surface area contributed by atoms with Gasteiger partial charge in [0.2, 0.25) is 0 Å². The molecule has 11 heteroatoms. The number of benzene rings is 1. The molecule has 2 amide bonds. The average Bonchev–Trinajstić information content (AvgIpc) is 3.39. The molecule has 1 fully saturated rings. The van der Waals surface area contributed by atoms with E-state index in [2.05, 4.69) is 15.6 Å². The van der Waals surface area contributed by atoms with E-state index in [1.165, 1.54) is 17.2 Å². The van der Waals surface area contributed by atoms with E-state index in [1.807, 2.05) is 0 Å². The number of aromatic nitrogens is 2. The first kappa shape index (κ1) is 20.6. The number of pyridine rings is 2. The predicted molar refractivity (Wildman–Crippen MR) is 120 cm³/mol. The lowest BCUT2D eigenvalue weighted by atomic mass is 10.0. The van der Waals surface area contributed by atoms with Gasteiger partial charge in [-0.05, 0) is 24.3 Å². The number of rotatable bonds is 5. The molecule has 174 valence electrons. The molecule has 3 aliphatic heterocycles. The van der Waals surface area contributed by atoms with Gasteiger partial charge in [0, 0.05) is 42.9 Å².